The van der Waals surface area contributed by atoms with Crippen molar-refractivity contribution in [2.45, 2.75) is 24.5 Å². The van der Waals surface area contributed by atoms with E-state index in [1.807, 2.05) is 4.98 Å². The number of nitrogens with zero attached hydrogens (tertiary/aromatic N) is 1. The van der Waals surface area contributed by atoms with Crippen LogP contribution in [0.5, 0.6) is 0 Å². The first-order valence-electron chi connectivity index (χ1n) is 5.67. The van der Waals surface area contributed by atoms with Crippen LogP contribution < -0.4 is 45.7 Å². The van der Waals surface area contributed by atoms with Crippen molar-refractivity contribution >= 4 is 7.82 Å². The molecular formula is C9H10N2NaO8P. The third-order valence-electron chi connectivity index (χ3n) is 3.09. The molecule has 0 bridgehead atoms. The fraction of sp³-hybridized carbons (Fsp3) is 0.556. The topological polar surface area (TPSA) is 143 Å². The van der Waals surface area contributed by atoms with Crippen LogP contribution in [0.15, 0.2) is 21.9 Å². The largest absolute Gasteiger partial charge is 1.00 e. The number of aromatic nitrogens is 2. The number of rotatable bonds is 2. The minimum Gasteiger partial charge on any atom is -0.756 e. The summed E-state index contributed by atoms with van der Waals surface area (Å²) < 4.78 is 27.1. The van der Waals surface area contributed by atoms with Crippen LogP contribution in [0.25, 0.3) is 0 Å². The van der Waals surface area contributed by atoms with Crippen LogP contribution in [0.1, 0.15) is 6.23 Å². The summed E-state index contributed by atoms with van der Waals surface area (Å²) >= 11 is 0. The van der Waals surface area contributed by atoms with Crippen LogP contribution >= 0.6 is 7.82 Å². The minimum absolute atomic E-state index is 0. The first-order valence-corrected chi connectivity index (χ1v) is 7.13. The molecule has 0 saturated carbocycles. The van der Waals surface area contributed by atoms with E-state index in [0.717, 1.165) is 16.8 Å². The molecule has 0 spiro atoms. The van der Waals surface area contributed by atoms with Gasteiger partial charge in [-0.25, -0.2) is 4.79 Å². The van der Waals surface area contributed by atoms with Crippen molar-refractivity contribution in [3.8, 4) is 0 Å². The molecule has 2 N–H and O–H groups in total. The molecule has 10 nitrogen and oxygen atoms in total. The quantitative estimate of drug-likeness (QED) is 0.405. The molecule has 1 aromatic heterocycles. The molecule has 1 aromatic rings. The molecule has 0 aromatic carbocycles. The van der Waals surface area contributed by atoms with Gasteiger partial charge in [-0.05, 0) is 0 Å². The van der Waals surface area contributed by atoms with Gasteiger partial charge in [0, 0.05) is 12.3 Å². The molecule has 5 atom stereocenters. The Morgan fingerprint density at radius 3 is 2.67 bits per heavy atom. The third-order valence-corrected chi connectivity index (χ3v) is 4.10. The van der Waals surface area contributed by atoms with E-state index in [2.05, 4.69) is 0 Å². The Kier molecular flexibility index (Phi) is 4.94. The fourth-order valence-corrected chi connectivity index (χ4v) is 3.39. The van der Waals surface area contributed by atoms with Gasteiger partial charge in [-0.15, -0.1) is 0 Å². The Hall–Kier alpha value is -0.290. The van der Waals surface area contributed by atoms with Gasteiger partial charge in [-0.1, -0.05) is 0 Å². The summed E-state index contributed by atoms with van der Waals surface area (Å²) in [6.07, 6.45) is -3.05. The van der Waals surface area contributed by atoms with Crippen molar-refractivity contribution < 1.29 is 57.9 Å². The maximum absolute atomic E-state index is 11.7. The summed E-state index contributed by atoms with van der Waals surface area (Å²) in [5.74, 6) is 0. The monoisotopic (exact) mass is 328 g/mol. The van der Waals surface area contributed by atoms with Crippen molar-refractivity contribution in [1.29, 1.82) is 0 Å². The normalized spacial score (nSPS) is 38.0. The number of H-pyrrole nitrogens is 1. The molecular weight excluding hydrogens is 318 g/mol. The van der Waals surface area contributed by atoms with Crippen LogP contribution in [0.2, 0.25) is 0 Å². The molecule has 0 aliphatic carbocycles. The summed E-state index contributed by atoms with van der Waals surface area (Å²) in [5.41, 5.74) is -1.38. The third kappa shape index (κ3) is 3.09. The average Bonchev–Trinajstić information content (AvgIpc) is 2.83. The second-order valence-corrected chi connectivity index (χ2v) is 5.67. The number of aliphatic hydroxyl groups excluding tert-OH is 1. The number of phosphoric acid groups is 1. The van der Waals surface area contributed by atoms with Crippen molar-refractivity contribution in [2.24, 2.45) is 0 Å². The molecule has 2 aliphatic heterocycles. The SMILES string of the molecule is O=c1ccn(C2OC(CO)C3OP(=O)([O-])OC32)c(=O)[nH]1.[Na+]. The van der Waals surface area contributed by atoms with Gasteiger partial charge in [0.25, 0.3) is 13.4 Å². The van der Waals surface area contributed by atoms with Gasteiger partial charge in [-0.2, -0.15) is 0 Å². The van der Waals surface area contributed by atoms with Crippen LogP contribution in [0.4, 0.5) is 0 Å². The van der Waals surface area contributed by atoms with Crippen LogP contribution in [-0.2, 0) is 18.3 Å². The number of hydrogen-bond donors (Lipinski definition) is 2. The summed E-state index contributed by atoms with van der Waals surface area (Å²) in [4.78, 5) is 36.0. The van der Waals surface area contributed by atoms with Crippen molar-refractivity contribution in [3.63, 3.8) is 0 Å². The van der Waals surface area contributed by atoms with E-state index in [0.29, 0.717) is 0 Å². The van der Waals surface area contributed by atoms with E-state index in [1.165, 1.54) is 0 Å². The van der Waals surface area contributed by atoms with Gasteiger partial charge in [0.2, 0.25) is 0 Å². The van der Waals surface area contributed by atoms with E-state index >= 15 is 0 Å². The Morgan fingerprint density at radius 1 is 1.38 bits per heavy atom. The summed E-state index contributed by atoms with van der Waals surface area (Å²) in [7, 11) is -4.48. The maximum Gasteiger partial charge on any atom is 1.00 e. The summed E-state index contributed by atoms with van der Waals surface area (Å²) in [6.45, 7) is -0.501. The van der Waals surface area contributed by atoms with Crippen molar-refractivity contribution in [1.82, 2.24) is 9.55 Å². The van der Waals surface area contributed by atoms with E-state index in [1.54, 1.807) is 0 Å². The molecule has 21 heavy (non-hydrogen) atoms. The van der Waals surface area contributed by atoms with Crippen LogP contribution in [0, 0.1) is 0 Å². The molecule has 3 rings (SSSR count). The predicted octanol–water partition coefficient (Wildman–Crippen LogP) is -5.32. The number of fused-ring (bicyclic) bond motifs is 1. The predicted molar refractivity (Wildman–Crippen MR) is 59.7 cm³/mol. The number of ether oxygens (including phenoxy) is 1. The zero-order chi connectivity index (χ0) is 14.5. The van der Waals surface area contributed by atoms with Gasteiger partial charge in [0.05, 0.1) is 6.61 Å². The first kappa shape index (κ1) is 17.1. The van der Waals surface area contributed by atoms with E-state index < -0.39 is 50.2 Å². The zero-order valence-corrected chi connectivity index (χ0v) is 13.8. The fourth-order valence-electron chi connectivity index (χ4n) is 2.27. The molecule has 2 aliphatic rings. The van der Waals surface area contributed by atoms with Gasteiger partial charge >= 0.3 is 35.2 Å². The second kappa shape index (κ2) is 6.07. The minimum atomic E-state index is -4.48. The van der Waals surface area contributed by atoms with Crippen molar-refractivity contribution in [3.05, 3.63) is 33.1 Å². The maximum atomic E-state index is 11.7. The van der Waals surface area contributed by atoms with Crippen molar-refractivity contribution in [2.75, 3.05) is 6.61 Å². The average molecular weight is 328 g/mol. The number of nitrogens with one attached hydrogen (secondary N) is 1. The zero-order valence-electron chi connectivity index (χ0n) is 10.9. The Labute approximate surface area is 139 Å². The molecule has 5 unspecified atom stereocenters. The van der Waals surface area contributed by atoms with E-state index in [4.69, 9.17) is 18.9 Å². The number of phosphoric ester groups is 1. The van der Waals surface area contributed by atoms with Gasteiger partial charge in [0.1, 0.15) is 18.3 Å². The van der Waals surface area contributed by atoms with Gasteiger partial charge in [-0.3, -0.25) is 18.9 Å². The molecule has 3 heterocycles. The van der Waals surface area contributed by atoms with Crippen LogP contribution in [0.3, 0.4) is 0 Å². The molecule has 12 heteroatoms. The number of aromatic amines is 1. The summed E-state index contributed by atoms with van der Waals surface area (Å²) in [5, 5.41) is 9.16. The van der Waals surface area contributed by atoms with E-state index in [-0.39, 0.29) is 29.6 Å². The standard InChI is InChI=1S/C9H11N2O8P.Na/c12-3-4-6-7(19-20(15,16)18-6)8(17-4)11-2-1-5(13)10-9(11)14;/h1-2,4,6-8,12H,3H2,(H,15,16)(H,10,13,14);/q;+1/p-1. The van der Waals surface area contributed by atoms with E-state index in [9.17, 15) is 19.0 Å². The smallest absolute Gasteiger partial charge is 0.756 e. The molecule has 2 saturated heterocycles. The molecule has 110 valence electrons. The summed E-state index contributed by atoms with van der Waals surface area (Å²) in [6, 6.07) is 1.08. The Balaban J connectivity index is 0.00000161. The molecule has 0 radical (unpaired) electrons. The van der Waals surface area contributed by atoms with Crippen LogP contribution in [-0.4, -0.2) is 39.6 Å². The Bertz CT molecular complexity index is 689. The van der Waals surface area contributed by atoms with Gasteiger partial charge in [0.15, 0.2) is 6.23 Å². The molecule has 2 fully saturated rings. The second-order valence-electron chi connectivity index (χ2n) is 4.35. The number of hydrogen-bond acceptors (Lipinski definition) is 8. The number of aliphatic hydroxyl groups is 1. The Morgan fingerprint density at radius 2 is 2.05 bits per heavy atom. The first-order chi connectivity index (χ1) is 9.41. The molecule has 0 amide bonds. The van der Waals surface area contributed by atoms with Gasteiger partial charge < -0.3 is 23.8 Å².